The molecule has 0 spiro atoms. The Balaban J connectivity index is 1.54. The van der Waals surface area contributed by atoms with Crippen LogP contribution in [0.2, 0.25) is 0 Å². The predicted molar refractivity (Wildman–Crippen MR) is 156 cm³/mol. The molecular weight excluding hydrogens is 494 g/mol. The summed E-state index contributed by atoms with van der Waals surface area (Å²) in [5.41, 5.74) is 4.33. The highest BCUT2D eigenvalue weighted by Gasteiger charge is 2.62. The average Bonchev–Trinajstić information content (AvgIpc) is 3.25. The summed E-state index contributed by atoms with van der Waals surface area (Å²) >= 11 is 0. The van der Waals surface area contributed by atoms with E-state index in [9.17, 15) is 14.7 Å². The van der Waals surface area contributed by atoms with Crippen LogP contribution in [-0.4, -0.2) is 22.3 Å². The Hall–Kier alpha value is -3.73. The summed E-state index contributed by atoms with van der Waals surface area (Å²) in [5.74, 6) is 7.03. The van der Waals surface area contributed by atoms with Crippen LogP contribution in [0.1, 0.15) is 98.2 Å². The van der Waals surface area contributed by atoms with E-state index in [2.05, 4.69) is 43.5 Å². The molecule has 3 aliphatic rings. The number of ketones is 2. The third-order valence-corrected chi connectivity index (χ3v) is 9.96. The second kappa shape index (κ2) is 11.0. The van der Waals surface area contributed by atoms with E-state index in [0.29, 0.717) is 41.4 Å². The van der Waals surface area contributed by atoms with Crippen molar-refractivity contribution in [3.63, 3.8) is 0 Å². The molecule has 5 rings (SSSR count). The molecule has 0 radical (unpaired) electrons. The fraction of sp³-hybridized carbons (Fsp3) is 0.417. The van der Waals surface area contributed by atoms with Crippen molar-refractivity contribution in [3.8, 4) is 17.9 Å². The number of fused-ring (bicyclic) bond motifs is 3. The van der Waals surface area contributed by atoms with Crippen LogP contribution in [0.5, 0.6) is 0 Å². The van der Waals surface area contributed by atoms with Crippen molar-refractivity contribution in [1.29, 1.82) is 5.26 Å². The molecule has 2 saturated carbocycles. The second-order valence-corrected chi connectivity index (χ2v) is 11.9. The smallest absolute Gasteiger partial charge is 0.193 e. The highest BCUT2D eigenvalue weighted by atomic mass is 16.3. The molecule has 0 amide bonds. The van der Waals surface area contributed by atoms with Crippen LogP contribution >= 0.6 is 0 Å². The molecule has 4 heteroatoms. The van der Waals surface area contributed by atoms with Crippen LogP contribution in [0.3, 0.4) is 0 Å². The molecule has 40 heavy (non-hydrogen) atoms. The van der Waals surface area contributed by atoms with Crippen LogP contribution in [0.15, 0.2) is 72.3 Å². The Morgan fingerprint density at radius 2 is 1.77 bits per heavy atom. The van der Waals surface area contributed by atoms with Crippen LogP contribution in [0, 0.1) is 40.4 Å². The molecule has 2 fully saturated rings. The van der Waals surface area contributed by atoms with E-state index in [1.54, 1.807) is 31.2 Å². The summed E-state index contributed by atoms with van der Waals surface area (Å²) in [7, 11) is 0. The zero-order valence-electron chi connectivity index (χ0n) is 23.5. The van der Waals surface area contributed by atoms with Gasteiger partial charge in [0, 0.05) is 28.9 Å². The minimum atomic E-state index is -1.02. The van der Waals surface area contributed by atoms with Gasteiger partial charge in [0.2, 0.25) is 0 Å². The molecule has 5 atom stereocenters. The molecule has 0 aliphatic heterocycles. The second-order valence-electron chi connectivity index (χ2n) is 11.9. The van der Waals surface area contributed by atoms with Gasteiger partial charge in [-0.3, -0.25) is 9.59 Å². The van der Waals surface area contributed by atoms with E-state index in [4.69, 9.17) is 5.26 Å². The lowest BCUT2D eigenvalue weighted by Gasteiger charge is -2.53. The number of hydrogen-bond donors (Lipinski definition) is 1. The SMILES string of the molecule is C=CC(=O)CCC1=C2C(c3ccc(C(=O)c4ccc(C#N)cc4)cc3)CC3(C)C(CCC3(O)C#CC)C2CCC1. The molecule has 4 nitrogen and oxygen atoms in total. The predicted octanol–water partition coefficient (Wildman–Crippen LogP) is 7.08. The van der Waals surface area contributed by atoms with E-state index in [1.165, 1.54) is 17.2 Å². The van der Waals surface area contributed by atoms with E-state index in [1.807, 2.05) is 12.1 Å². The maximum absolute atomic E-state index is 13.2. The molecule has 3 aliphatic carbocycles. The molecule has 1 N–H and O–H groups in total. The summed E-state index contributed by atoms with van der Waals surface area (Å²) in [6.07, 6.45) is 8.29. The standard InChI is InChI=1S/C36H37NO3/c1-4-20-36(40)21-19-32-30-8-6-7-26(17-18-29(38)5-2)33(30)31(22-35(32,36)3)25-13-15-28(16-14-25)34(39)27-11-9-24(23-37)10-12-27/h5,9-16,30-32,40H,2,6-8,17-19,21-22H2,1,3H3. The lowest BCUT2D eigenvalue weighted by Crippen LogP contribution is -2.50. The Morgan fingerprint density at radius 1 is 1.10 bits per heavy atom. The maximum atomic E-state index is 13.2. The molecule has 0 heterocycles. The summed E-state index contributed by atoms with van der Waals surface area (Å²) in [6, 6.07) is 16.7. The summed E-state index contributed by atoms with van der Waals surface area (Å²) < 4.78 is 0. The molecule has 2 aromatic rings. The van der Waals surface area contributed by atoms with E-state index < -0.39 is 5.60 Å². The van der Waals surface area contributed by atoms with Crippen molar-refractivity contribution in [2.24, 2.45) is 17.3 Å². The van der Waals surface area contributed by atoms with E-state index in [0.717, 1.165) is 44.1 Å². The van der Waals surface area contributed by atoms with Crippen molar-refractivity contribution < 1.29 is 14.7 Å². The maximum Gasteiger partial charge on any atom is 0.193 e. The number of rotatable bonds is 7. The largest absolute Gasteiger partial charge is 0.377 e. The van der Waals surface area contributed by atoms with E-state index in [-0.39, 0.29) is 22.9 Å². The summed E-state index contributed by atoms with van der Waals surface area (Å²) in [6.45, 7) is 7.70. The quantitative estimate of drug-likeness (QED) is 0.179. The Labute approximate surface area is 237 Å². The zero-order chi connectivity index (χ0) is 28.5. The average molecular weight is 532 g/mol. The van der Waals surface area contributed by atoms with Crippen LogP contribution < -0.4 is 0 Å². The van der Waals surface area contributed by atoms with Crippen molar-refractivity contribution in [2.45, 2.75) is 76.7 Å². The van der Waals surface area contributed by atoms with Gasteiger partial charge in [-0.25, -0.2) is 0 Å². The molecule has 0 bridgehead atoms. The van der Waals surface area contributed by atoms with E-state index >= 15 is 0 Å². The number of benzene rings is 2. The number of nitriles is 1. The first-order valence-electron chi connectivity index (χ1n) is 14.4. The first kappa shape index (κ1) is 27.8. The third-order valence-electron chi connectivity index (χ3n) is 9.96. The topological polar surface area (TPSA) is 78.2 Å². The van der Waals surface area contributed by atoms with Gasteiger partial charge in [-0.1, -0.05) is 54.8 Å². The molecule has 2 aromatic carbocycles. The Bertz CT molecular complexity index is 1460. The lowest BCUT2D eigenvalue weighted by atomic mass is 9.52. The molecule has 5 unspecified atom stereocenters. The number of aliphatic hydroxyl groups is 1. The van der Waals surface area contributed by atoms with Crippen LogP contribution in [0.25, 0.3) is 0 Å². The van der Waals surface area contributed by atoms with Gasteiger partial charge in [-0.15, -0.1) is 5.92 Å². The monoisotopic (exact) mass is 531 g/mol. The van der Waals surface area contributed by atoms with Gasteiger partial charge >= 0.3 is 0 Å². The number of hydrogen-bond acceptors (Lipinski definition) is 4. The normalized spacial score (nSPS) is 28.9. The number of carbonyl (C=O) groups is 2. The van der Waals surface area contributed by atoms with Crippen molar-refractivity contribution in [3.05, 3.63) is 94.6 Å². The van der Waals surface area contributed by atoms with Gasteiger partial charge < -0.3 is 5.11 Å². The number of carbonyl (C=O) groups excluding carboxylic acids is 2. The fourth-order valence-corrected chi connectivity index (χ4v) is 7.88. The van der Waals surface area contributed by atoms with Crippen molar-refractivity contribution >= 4 is 11.6 Å². The van der Waals surface area contributed by atoms with Gasteiger partial charge in [-0.05, 0) is 99.6 Å². The van der Waals surface area contributed by atoms with Crippen molar-refractivity contribution in [2.75, 3.05) is 0 Å². The lowest BCUT2D eigenvalue weighted by molar-refractivity contribution is -0.114. The van der Waals surface area contributed by atoms with Crippen molar-refractivity contribution in [1.82, 2.24) is 0 Å². The minimum Gasteiger partial charge on any atom is -0.377 e. The summed E-state index contributed by atoms with van der Waals surface area (Å²) in [5, 5.41) is 20.9. The molecular formula is C36H37NO3. The van der Waals surface area contributed by atoms with Gasteiger partial charge in [0.1, 0.15) is 5.60 Å². The summed E-state index contributed by atoms with van der Waals surface area (Å²) in [4.78, 5) is 25.3. The zero-order valence-corrected chi connectivity index (χ0v) is 23.5. The van der Waals surface area contributed by atoms with Crippen LogP contribution in [0.4, 0.5) is 0 Å². The molecule has 204 valence electrons. The van der Waals surface area contributed by atoms with Gasteiger partial charge in [-0.2, -0.15) is 5.26 Å². The number of nitrogens with zero attached hydrogens (tertiary/aromatic N) is 1. The molecule has 0 aromatic heterocycles. The highest BCUT2D eigenvalue weighted by molar-refractivity contribution is 6.09. The van der Waals surface area contributed by atoms with Gasteiger partial charge in [0.25, 0.3) is 0 Å². The molecule has 0 saturated heterocycles. The Kier molecular flexibility index (Phi) is 7.67. The highest BCUT2D eigenvalue weighted by Crippen LogP contribution is 2.66. The van der Waals surface area contributed by atoms with Gasteiger partial charge in [0.05, 0.1) is 11.6 Å². The minimum absolute atomic E-state index is 0.0755. The number of allylic oxidation sites excluding steroid dienone is 3. The first-order valence-corrected chi connectivity index (χ1v) is 14.4. The first-order chi connectivity index (χ1) is 19.2. The third kappa shape index (κ3) is 4.76. The fourth-order valence-electron chi connectivity index (χ4n) is 7.88. The van der Waals surface area contributed by atoms with Gasteiger partial charge in [0.15, 0.2) is 11.6 Å². The van der Waals surface area contributed by atoms with Crippen LogP contribution in [-0.2, 0) is 4.79 Å². The Morgan fingerprint density at radius 3 is 2.40 bits per heavy atom.